The number of para-hydroxylation sites is 1. The highest BCUT2D eigenvalue weighted by molar-refractivity contribution is 6.31. The second-order valence-electron chi connectivity index (χ2n) is 5.55. The van der Waals surface area contributed by atoms with Crippen molar-refractivity contribution in [1.82, 2.24) is 9.55 Å². The SMILES string of the molecule is Cc1ccc(-n2c(O)c(C(=O)Nc3ccccc3)c(=O)[nH]c2=O)cc1Cl. The van der Waals surface area contributed by atoms with Crippen LogP contribution in [0.2, 0.25) is 5.02 Å². The number of halogens is 1. The number of carbonyl (C=O) groups excluding carboxylic acids is 1. The van der Waals surface area contributed by atoms with Crippen LogP contribution in [0.25, 0.3) is 5.69 Å². The van der Waals surface area contributed by atoms with Crippen molar-refractivity contribution in [3.05, 3.63) is 85.5 Å². The Bertz CT molecular complexity index is 1100. The number of H-pyrrole nitrogens is 1. The van der Waals surface area contributed by atoms with Crippen LogP contribution in [0.1, 0.15) is 15.9 Å². The third-order valence-electron chi connectivity index (χ3n) is 3.76. The molecule has 0 saturated heterocycles. The van der Waals surface area contributed by atoms with Crippen molar-refractivity contribution in [2.75, 3.05) is 5.32 Å². The molecule has 0 atom stereocenters. The van der Waals surface area contributed by atoms with Gasteiger partial charge in [0.2, 0.25) is 5.88 Å². The van der Waals surface area contributed by atoms with Crippen LogP contribution < -0.4 is 16.6 Å². The normalized spacial score (nSPS) is 10.5. The van der Waals surface area contributed by atoms with Gasteiger partial charge in [-0.3, -0.25) is 14.6 Å². The number of amides is 1. The van der Waals surface area contributed by atoms with E-state index in [9.17, 15) is 19.5 Å². The summed E-state index contributed by atoms with van der Waals surface area (Å²) >= 11 is 6.06. The van der Waals surface area contributed by atoms with Gasteiger partial charge in [-0.15, -0.1) is 0 Å². The van der Waals surface area contributed by atoms with Crippen molar-refractivity contribution >= 4 is 23.2 Å². The minimum atomic E-state index is -0.990. The summed E-state index contributed by atoms with van der Waals surface area (Å²) in [6.45, 7) is 1.78. The van der Waals surface area contributed by atoms with Crippen molar-refractivity contribution in [1.29, 1.82) is 0 Å². The van der Waals surface area contributed by atoms with Crippen LogP contribution in [0.5, 0.6) is 5.88 Å². The van der Waals surface area contributed by atoms with Gasteiger partial charge < -0.3 is 10.4 Å². The Labute approximate surface area is 152 Å². The molecule has 2 aromatic carbocycles. The van der Waals surface area contributed by atoms with Crippen LogP contribution in [0.4, 0.5) is 5.69 Å². The van der Waals surface area contributed by atoms with E-state index in [-0.39, 0.29) is 5.69 Å². The summed E-state index contributed by atoms with van der Waals surface area (Å²) in [5, 5.41) is 13.3. The summed E-state index contributed by atoms with van der Waals surface area (Å²) in [6.07, 6.45) is 0. The van der Waals surface area contributed by atoms with Gasteiger partial charge in [0.05, 0.1) is 5.69 Å². The van der Waals surface area contributed by atoms with Gasteiger partial charge in [0.1, 0.15) is 0 Å². The van der Waals surface area contributed by atoms with Gasteiger partial charge in [-0.25, -0.2) is 9.36 Å². The maximum Gasteiger partial charge on any atom is 0.335 e. The smallest absolute Gasteiger partial charge is 0.335 e. The number of rotatable bonds is 3. The number of hydrogen-bond acceptors (Lipinski definition) is 4. The van der Waals surface area contributed by atoms with E-state index in [1.165, 1.54) is 6.07 Å². The van der Waals surface area contributed by atoms with Gasteiger partial charge in [0, 0.05) is 10.7 Å². The first-order chi connectivity index (χ1) is 12.4. The number of aromatic nitrogens is 2. The number of nitrogens with zero attached hydrogens (tertiary/aromatic N) is 1. The number of aromatic hydroxyl groups is 1. The third-order valence-corrected chi connectivity index (χ3v) is 4.17. The van der Waals surface area contributed by atoms with Gasteiger partial charge in [0.15, 0.2) is 5.56 Å². The number of anilines is 1. The molecule has 0 unspecified atom stereocenters. The molecule has 0 aliphatic heterocycles. The molecule has 0 radical (unpaired) electrons. The number of aryl methyl sites for hydroxylation is 1. The van der Waals surface area contributed by atoms with E-state index in [1.54, 1.807) is 49.4 Å². The molecular weight excluding hydrogens is 358 g/mol. The Hall–Kier alpha value is -3.32. The molecular formula is C18H14ClN3O4. The topological polar surface area (TPSA) is 104 Å². The zero-order chi connectivity index (χ0) is 18.8. The molecule has 3 aromatic rings. The second-order valence-corrected chi connectivity index (χ2v) is 5.95. The molecule has 8 heteroatoms. The van der Waals surface area contributed by atoms with E-state index in [4.69, 9.17) is 11.6 Å². The molecule has 0 aliphatic rings. The molecule has 0 bridgehead atoms. The summed E-state index contributed by atoms with van der Waals surface area (Å²) in [4.78, 5) is 38.7. The van der Waals surface area contributed by atoms with Crippen LogP contribution >= 0.6 is 11.6 Å². The lowest BCUT2D eigenvalue weighted by molar-refractivity contribution is 0.102. The van der Waals surface area contributed by atoms with E-state index in [0.717, 1.165) is 10.1 Å². The first kappa shape index (κ1) is 17.5. The summed E-state index contributed by atoms with van der Waals surface area (Å²) in [5.74, 6) is -1.62. The van der Waals surface area contributed by atoms with Crippen LogP contribution in [0.3, 0.4) is 0 Å². The quantitative estimate of drug-likeness (QED) is 0.657. The molecule has 132 valence electrons. The Balaban J connectivity index is 2.12. The molecule has 0 aliphatic carbocycles. The average molecular weight is 372 g/mol. The van der Waals surface area contributed by atoms with Crippen molar-refractivity contribution < 1.29 is 9.90 Å². The van der Waals surface area contributed by atoms with E-state index in [0.29, 0.717) is 10.7 Å². The lowest BCUT2D eigenvalue weighted by Gasteiger charge is -2.12. The lowest BCUT2D eigenvalue weighted by atomic mass is 10.2. The monoisotopic (exact) mass is 371 g/mol. The zero-order valence-electron chi connectivity index (χ0n) is 13.6. The number of aromatic amines is 1. The minimum absolute atomic E-state index is 0.216. The van der Waals surface area contributed by atoms with Crippen molar-refractivity contribution in [3.63, 3.8) is 0 Å². The van der Waals surface area contributed by atoms with Crippen molar-refractivity contribution in [2.24, 2.45) is 0 Å². The van der Waals surface area contributed by atoms with Gasteiger partial charge in [0.25, 0.3) is 11.5 Å². The maximum absolute atomic E-state index is 12.4. The van der Waals surface area contributed by atoms with Crippen LogP contribution in [0, 0.1) is 6.92 Å². The van der Waals surface area contributed by atoms with Crippen LogP contribution in [-0.2, 0) is 0 Å². The Morgan fingerprint density at radius 1 is 1.15 bits per heavy atom. The third kappa shape index (κ3) is 3.25. The van der Waals surface area contributed by atoms with Gasteiger partial charge in [-0.1, -0.05) is 35.9 Å². The van der Waals surface area contributed by atoms with E-state index in [2.05, 4.69) is 5.32 Å². The molecule has 1 heterocycles. The summed E-state index contributed by atoms with van der Waals surface area (Å²) < 4.78 is 0.812. The minimum Gasteiger partial charge on any atom is -0.493 e. The molecule has 3 rings (SSSR count). The van der Waals surface area contributed by atoms with E-state index >= 15 is 0 Å². The molecule has 3 N–H and O–H groups in total. The maximum atomic E-state index is 12.4. The summed E-state index contributed by atoms with van der Waals surface area (Å²) in [6, 6.07) is 13.1. The molecule has 1 amide bonds. The Morgan fingerprint density at radius 3 is 2.50 bits per heavy atom. The van der Waals surface area contributed by atoms with Crippen LogP contribution in [0.15, 0.2) is 58.1 Å². The molecule has 26 heavy (non-hydrogen) atoms. The fraction of sp³-hybridized carbons (Fsp3) is 0.0556. The highest BCUT2D eigenvalue weighted by atomic mass is 35.5. The number of hydrogen-bond donors (Lipinski definition) is 3. The van der Waals surface area contributed by atoms with E-state index < -0.39 is 28.6 Å². The highest BCUT2D eigenvalue weighted by Crippen LogP contribution is 2.22. The largest absolute Gasteiger partial charge is 0.493 e. The fourth-order valence-electron chi connectivity index (χ4n) is 2.41. The Morgan fingerprint density at radius 2 is 1.85 bits per heavy atom. The summed E-state index contributed by atoms with van der Waals surface area (Å²) in [5.41, 5.74) is -1.03. The number of benzene rings is 2. The summed E-state index contributed by atoms with van der Waals surface area (Å²) in [7, 11) is 0. The zero-order valence-corrected chi connectivity index (χ0v) is 14.4. The second kappa shape index (κ2) is 6.89. The first-order valence-electron chi connectivity index (χ1n) is 7.59. The van der Waals surface area contributed by atoms with Gasteiger partial charge in [-0.05, 0) is 36.8 Å². The van der Waals surface area contributed by atoms with E-state index in [1.807, 2.05) is 4.98 Å². The standard InChI is InChI=1S/C18H14ClN3O4/c1-10-7-8-12(9-13(10)19)22-17(25)14(16(24)21-18(22)26)15(23)20-11-5-3-2-4-6-11/h2-9,25H,1H3,(H,20,23)(H,21,24,26). The van der Waals surface area contributed by atoms with Crippen LogP contribution in [-0.4, -0.2) is 20.6 Å². The highest BCUT2D eigenvalue weighted by Gasteiger charge is 2.22. The van der Waals surface area contributed by atoms with Gasteiger partial charge >= 0.3 is 5.69 Å². The van der Waals surface area contributed by atoms with Gasteiger partial charge in [-0.2, -0.15) is 0 Å². The van der Waals surface area contributed by atoms with Crippen molar-refractivity contribution in [2.45, 2.75) is 6.92 Å². The first-order valence-corrected chi connectivity index (χ1v) is 7.97. The number of nitrogens with one attached hydrogen (secondary N) is 2. The predicted octanol–water partition coefficient (Wildman–Crippen LogP) is 2.45. The van der Waals surface area contributed by atoms with Crippen molar-refractivity contribution in [3.8, 4) is 11.6 Å². The average Bonchev–Trinajstić information content (AvgIpc) is 2.58. The molecule has 7 nitrogen and oxygen atoms in total. The Kier molecular flexibility index (Phi) is 4.64. The fourth-order valence-corrected chi connectivity index (χ4v) is 2.58. The molecule has 0 fully saturated rings. The number of carbonyl (C=O) groups is 1. The molecule has 1 aromatic heterocycles. The molecule has 0 saturated carbocycles. The lowest BCUT2D eigenvalue weighted by Crippen LogP contribution is -2.34. The molecule has 0 spiro atoms. The predicted molar refractivity (Wildman–Crippen MR) is 98.5 cm³/mol.